The van der Waals surface area contributed by atoms with Gasteiger partial charge in [-0.05, 0) is 36.3 Å². The zero-order valence-electron chi connectivity index (χ0n) is 14.6. The topological polar surface area (TPSA) is 75.9 Å². The van der Waals surface area contributed by atoms with Crippen molar-refractivity contribution in [3.8, 4) is 5.88 Å². The standard InChI is InChI=1S/C18H25N3O4/c1-24-16-8-14(25-19-16)5-6-17(22)20-9-12-7-13(11-20)15-3-2-4-18(23)21(15)10-12/h8,12-13,15H,2-7,9-11H2,1H3/t12-,13+,15+/m1/s1. The number of aryl methyl sites for hydroxylation is 1. The number of hydrogen-bond acceptors (Lipinski definition) is 5. The first-order valence-corrected chi connectivity index (χ1v) is 9.21. The summed E-state index contributed by atoms with van der Waals surface area (Å²) >= 11 is 0. The molecule has 3 aliphatic rings. The van der Waals surface area contributed by atoms with Gasteiger partial charge in [0.05, 0.1) is 7.11 Å². The van der Waals surface area contributed by atoms with Crippen molar-refractivity contribution >= 4 is 11.8 Å². The van der Waals surface area contributed by atoms with Crippen LogP contribution >= 0.6 is 0 Å². The molecule has 4 rings (SSSR count). The predicted octanol–water partition coefficient (Wildman–Crippen LogP) is 1.48. The third-order valence-electron chi connectivity index (χ3n) is 5.86. The molecule has 7 heteroatoms. The fourth-order valence-electron chi connectivity index (χ4n) is 4.71. The second kappa shape index (κ2) is 6.69. The molecule has 0 unspecified atom stereocenters. The maximum absolute atomic E-state index is 12.7. The third kappa shape index (κ3) is 3.24. The molecule has 3 fully saturated rings. The van der Waals surface area contributed by atoms with Gasteiger partial charge in [-0.15, -0.1) is 0 Å². The largest absolute Gasteiger partial charge is 0.479 e. The minimum absolute atomic E-state index is 0.167. The van der Waals surface area contributed by atoms with E-state index >= 15 is 0 Å². The zero-order chi connectivity index (χ0) is 17.4. The van der Waals surface area contributed by atoms with E-state index in [9.17, 15) is 9.59 Å². The molecule has 25 heavy (non-hydrogen) atoms. The van der Waals surface area contributed by atoms with Crippen molar-refractivity contribution in [1.82, 2.24) is 15.0 Å². The van der Waals surface area contributed by atoms with Crippen LogP contribution in [0.5, 0.6) is 5.88 Å². The van der Waals surface area contributed by atoms with Gasteiger partial charge in [-0.2, -0.15) is 0 Å². The molecule has 3 saturated heterocycles. The van der Waals surface area contributed by atoms with E-state index in [1.54, 1.807) is 13.2 Å². The van der Waals surface area contributed by atoms with Crippen molar-refractivity contribution in [2.24, 2.45) is 11.8 Å². The van der Waals surface area contributed by atoms with Crippen LogP contribution in [0.1, 0.15) is 37.9 Å². The Hall–Kier alpha value is -2.05. The highest BCUT2D eigenvalue weighted by atomic mass is 16.5. The summed E-state index contributed by atoms with van der Waals surface area (Å²) in [6.45, 7) is 2.37. The summed E-state index contributed by atoms with van der Waals surface area (Å²) in [5, 5.41) is 3.76. The molecule has 0 aromatic carbocycles. The van der Waals surface area contributed by atoms with Crippen LogP contribution in [0.2, 0.25) is 0 Å². The molecule has 0 saturated carbocycles. The lowest BCUT2D eigenvalue weighted by molar-refractivity contribution is -0.148. The predicted molar refractivity (Wildman–Crippen MR) is 88.9 cm³/mol. The molecule has 2 bridgehead atoms. The molecule has 1 aromatic rings. The molecular weight excluding hydrogens is 322 g/mol. The Labute approximate surface area is 147 Å². The van der Waals surface area contributed by atoms with Crippen LogP contribution in [0.4, 0.5) is 0 Å². The van der Waals surface area contributed by atoms with Crippen LogP contribution < -0.4 is 4.74 Å². The summed E-state index contributed by atoms with van der Waals surface area (Å²) in [5.74, 6) is 2.45. The van der Waals surface area contributed by atoms with Gasteiger partial charge in [0.1, 0.15) is 5.76 Å². The summed E-state index contributed by atoms with van der Waals surface area (Å²) in [6.07, 6.45) is 4.88. The highest BCUT2D eigenvalue weighted by Gasteiger charge is 2.44. The van der Waals surface area contributed by atoms with Gasteiger partial charge in [0, 0.05) is 51.0 Å². The Kier molecular flexibility index (Phi) is 4.39. The van der Waals surface area contributed by atoms with Crippen LogP contribution in [0.25, 0.3) is 0 Å². The number of amides is 2. The lowest BCUT2D eigenvalue weighted by Crippen LogP contribution is -2.61. The van der Waals surface area contributed by atoms with Crippen LogP contribution in [0.15, 0.2) is 10.6 Å². The van der Waals surface area contributed by atoms with E-state index in [4.69, 9.17) is 9.26 Å². The number of methoxy groups -OCH3 is 1. The number of carbonyl (C=O) groups is 2. The molecule has 3 atom stereocenters. The minimum atomic E-state index is 0.167. The molecule has 0 spiro atoms. The second-order valence-electron chi connectivity index (χ2n) is 7.50. The first kappa shape index (κ1) is 16.4. The van der Waals surface area contributed by atoms with E-state index in [-0.39, 0.29) is 5.91 Å². The molecule has 2 amide bonds. The fourth-order valence-corrected chi connectivity index (χ4v) is 4.71. The van der Waals surface area contributed by atoms with E-state index in [0.717, 1.165) is 38.9 Å². The van der Waals surface area contributed by atoms with Gasteiger partial charge < -0.3 is 19.1 Å². The van der Waals surface area contributed by atoms with Crippen LogP contribution in [-0.4, -0.2) is 59.6 Å². The van der Waals surface area contributed by atoms with Gasteiger partial charge in [0.25, 0.3) is 5.88 Å². The van der Waals surface area contributed by atoms with Crippen LogP contribution in [0, 0.1) is 11.8 Å². The lowest BCUT2D eigenvalue weighted by atomic mass is 9.76. The molecule has 136 valence electrons. The van der Waals surface area contributed by atoms with E-state index < -0.39 is 0 Å². The number of piperidine rings is 3. The Balaban J connectivity index is 1.36. The van der Waals surface area contributed by atoms with Crippen molar-refractivity contribution in [2.75, 3.05) is 26.7 Å². The fraction of sp³-hybridized carbons (Fsp3) is 0.722. The Morgan fingerprint density at radius 1 is 1.40 bits per heavy atom. The lowest BCUT2D eigenvalue weighted by Gasteiger charge is -2.52. The first-order chi connectivity index (χ1) is 12.1. The number of aromatic nitrogens is 1. The van der Waals surface area contributed by atoms with Crippen LogP contribution in [0.3, 0.4) is 0 Å². The van der Waals surface area contributed by atoms with Crippen molar-refractivity contribution in [3.63, 3.8) is 0 Å². The number of carbonyl (C=O) groups excluding carboxylic acids is 2. The molecule has 7 nitrogen and oxygen atoms in total. The summed E-state index contributed by atoms with van der Waals surface area (Å²) in [7, 11) is 1.54. The monoisotopic (exact) mass is 347 g/mol. The molecule has 3 aliphatic heterocycles. The Bertz CT molecular complexity index is 659. The molecule has 4 heterocycles. The number of nitrogens with zero attached hydrogens (tertiary/aromatic N) is 3. The number of rotatable bonds is 4. The molecule has 0 radical (unpaired) electrons. The summed E-state index contributed by atoms with van der Waals surface area (Å²) in [5.41, 5.74) is 0. The SMILES string of the molecule is COc1cc(CCC(=O)N2C[C@H]3C[C@@H](C2)[C@@H]2CCCC(=O)N2C3)on1. The van der Waals surface area contributed by atoms with Gasteiger partial charge in [0.2, 0.25) is 11.8 Å². The highest BCUT2D eigenvalue weighted by Crippen LogP contribution is 2.38. The summed E-state index contributed by atoms with van der Waals surface area (Å²) in [6, 6.07) is 2.07. The maximum Gasteiger partial charge on any atom is 0.254 e. The van der Waals surface area contributed by atoms with E-state index in [2.05, 4.69) is 10.1 Å². The maximum atomic E-state index is 12.7. The van der Waals surface area contributed by atoms with Crippen LogP contribution in [-0.2, 0) is 16.0 Å². The zero-order valence-corrected chi connectivity index (χ0v) is 14.6. The number of likely N-dealkylation sites (tertiary alicyclic amines) is 1. The molecule has 1 aromatic heterocycles. The number of ether oxygens (including phenoxy) is 1. The quantitative estimate of drug-likeness (QED) is 0.824. The average molecular weight is 347 g/mol. The van der Waals surface area contributed by atoms with Crippen molar-refractivity contribution in [2.45, 2.75) is 44.6 Å². The van der Waals surface area contributed by atoms with Gasteiger partial charge in [-0.3, -0.25) is 9.59 Å². The first-order valence-electron chi connectivity index (χ1n) is 9.21. The van der Waals surface area contributed by atoms with Gasteiger partial charge in [-0.1, -0.05) is 0 Å². The number of fused-ring (bicyclic) bond motifs is 4. The minimum Gasteiger partial charge on any atom is -0.479 e. The number of hydrogen-bond donors (Lipinski definition) is 0. The second-order valence-corrected chi connectivity index (χ2v) is 7.50. The molecule has 0 N–H and O–H groups in total. The molecular formula is C18H25N3O4. The highest BCUT2D eigenvalue weighted by molar-refractivity contribution is 5.78. The van der Waals surface area contributed by atoms with Gasteiger partial charge in [0.15, 0.2) is 0 Å². The van der Waals surface area contributed by atoms with Crippen molar-refractivity contribution in [3.05, 3.63) is 11.8 Å². The average Bonchev–Trinajstić information content (AvgIpc) is 3.08. The third-order valence-corrected chi connectivity index (χ3v) is 5.86. The van der Waals surface area contributed by atoms with Gasteiger partial charge in [-0.25, -0.2) is 0 Å². The Morgan fingerprint density at radius 2 is 2.28 bits per heavy atom. The van der Waals surface area contributed by atoms with E-state index in [1.165, 1.54) is 0 Å². The van der Waals surface area contributed by atoms with Crippen molar-refractivity contribution < 1.29 is 18.8 Å². The molecule has 0 aliphatic carbocycles. The summed E-state index contributed by atoms with van der Waals surface area (Å²) < 4.78 is 10.2. The van der Waals surface area contributed by atoms with E-state index in [0.29, 0.717) is 54.7 Å². The van der Waals surface area contributed by atoms with E-state index in [1.807, 2.05) is 4.90 Å². The Morgan fingerprint density at radius 3 is 3.08 bits per heavy atom. The summed E-state index contributed by atoms with van der Waals surface area (Å²) in [4.78, 5) is 28.9. The normalized spacial score (nSPS) is 28.7. The van der Waals surface area contributed by atoms with Crippen molar-refractivity contribution in [1.29, 1.82) is 0 Å². The smallest absolute Gasteiger partial charge is 0.254 e. The van der Waals surface area contributed by atoms with Gasteiger partial charge >= 0.3 is 0 Å².